The minimum absolute atomic E-state index is 0.543. The third-order valence-electron chi connectivity index (χ3n) is 2.11. The molecule has 1 aliphatic rings. The number of hydrogen-bond donors (Lipinski definition) is 1. The molecule has 0 radical (unpaired) electrons. The maximum absolute atomic E-state index is 10.6. The molecule has 56 valence electrons. The van der Waals surface area contributed by atoms with E-state index in [1.165, 1.54) is 0 Å². The first-order chi connectivity index (χ1) is 4.40. The third kappa shape index (κ3) is 0.587. The molecule has 1 atom stereocenters. The molecule has 1 N–H and O–H groups in total. The van der Waals surface area contributed by atoms with Crippen molar-refractivity contribution in [2.75, 3.05) is 0 Å². The molecule has 0 spiro atoms. The standard InChI is InChI=1S/C6H10N2O2/c1-5(2)6(3,4(9)10)8-7-5/h1-3H3,(H,9,10). The van der Waals surface area contributed by atoms with E-state index < -0.39 is 17.0 Å². The Hall–Kier alpha value is -0.930. The van der Waals surface area contributed by atoms with Crippen molar-refractivity contribution in [1.29, 1.82) is 0 Å². The van der Waals surface area contributed by atoms with Gasteiger partial charge in [0.05, 0.1) is 0 Å². The van der Waals surface area contributed by atoms with Crippen LogP contribution in [0, 0.1) is 0 Å². The second-order valence-corrected chi connectivity index (χ2v) is 3.14. The molecule has 1 rings (SSSR count). The summed E-state index contributed by atoms with van der Waals surface area (Å²) in [6, 6.07) is 0. The summed E-state index contributed by atoms with van der Waals surface area (Å²) in [7, 11) is 0. The van der Waals surface area contributed by atoms with Gasteiger partial charge in [-0.05, 0) is 20.8 Å². The van der Waals surface area contributed by atoms with Crippen LogP contribution >= 0.6 is 0 Å². The Morgan fingerprint density at radius 2 is 1.80 bits per heavy atom. The number of nitrogens with zero attached hydrogens (tertiary/aromatic N) is 2. The SMILES string of the molecule is CC1(C)N=NC1(C)C(=O)O. The average Bonchev–Trinajstić information content (AvgIpc) is 1.83. The Balaban J connectivity index is 2.95. The van der Waals surface area contributed by atoms with E-state index >= 15 is 0 Å². The van der Waals surface area contributed by atoms with Crippen LogP contribution < -0.4 is 0 Å². The van der Waals surface area contributed by atoms with E-state index in [0.29, 0.717) is 0 Å². The summed E-state index contributed by atoms with van der Waals surface area (Å²) in [5.41, 5.74) is -1.55. The summed E-state index contributed by atoms with van der Waals surface area (Å²) in [6.07, 6.45) is 0. The van der Waals surface area contributed by atoms with Gasteiger partial charge < -0.3 is 5.11 Å². The number of azo groups is 1. The van der Waals surface area contributed by atoms with Crippen LogP contribution in [0.3, 0.4) is 0 Å². The molecule has 0 saturated carbocycles. The van der Waals surface area contributed by atoms with Crippen molar-refractivity contribution < 1.29 is 9.90 Å². The van der Waals surface area contributed by atoms with E-state index in [-0.39, 0.29) is 0 Å². The van der Waals surface area contributed by atoms with Crippen molar-refractivity contribution in [2.24, 2.45) is 10.2 Å². The van der Waals surface area contributed by atoms with E-state index in [1.807, 2.05) is 0 Å². The predicted octanol–water partition coefficient (Wildman–Crippen LogP) is 1.07. The molecule has 1 unspecified atom stereocenters. The van der Waals surface area contributed by atoms with Crippen molar-refractivity contribution in [3.05, 3.63) is 0 Å². The van der Waals surface area contributed by atoms with Crippen LogP contribution in [0.1, 0.15) is 20.8 Å². The van der Waals surface area contributed by atoms with Gasteiger partial charge in [-0.3, -0.25) is 0 Å². The maximum Gasteiger partial charge on any atom is 0.335 e. The summed E-state index contributed by atoms with van der Waals surface area (Å²) >= 11 is 0. The molecule has 0 saturated heterocycles. The average molecular weight is 142 g/mol. The molecule has 0 aromatic heterocycles. The molecule has 4 heteroatoms. The van der Waals surface area contributed by atoms with E-state index in [1.54, 1.807) is 20.8 Å². The van der Waals surface area contributed by atoms with Crippen LogP contribution in [-0.4, -0.2) is 22.2 Å². The van der Waals surface area contributed by atoms with Crippen LogP contribution in [0.4, 0.5) is 0 Å². The molecule has 4 nitrogen and oxygen atoms in total. The van der Waals surface area contributed by atoms with Crippen molar-refractivity contribution >= 4 is 5.97 Å². The van der Waals surface area contributed by atoms with Crippen LogP contribution in [0.15, 0.2) is 10.2 Å². The van der Waals surface area contributed by atoms with Gasteiger partial charge in [-0.2, -0.15) is 10.2 Å². The first-order valence-electron chi connectivity index (χ1n) is 3.07. The first-order valence-corrected chi connectivity index (χ1v) is 3.07. The topological polar surface area (TPSA) is 62.0 Å². The highest BCUT2D eigenvalue weighted by atomic mass is 16.4. The number of carboxylic acid groups (broad SMARTS) is 1. The minimum Gasteiger partial charge on any atom is -0.479 e. The van der Waals surface area contributed by atoms with Gasteiger partial charge in [0.2, 0.25) is 5.54 Å². The highest BCUT2D eigenvalue weighted by Gasteiger charge is 2.55. The monoisotopic (exact) mass is 142 g/mol. The molecule has 0 fully saturated rings. The van der Waals surface area contributed by atoms with Crippen LogP contribution in [0.5, 0.6) is 0 Å². The van der Waals surface area contributed by atoms with Crippen LogP contribution in [-0.2, 0) is 4.79 Å². The molecule has 0 aromatic rings. The lowest BCUT2D eigenvalue weighted by atomic mass is 9.80. The maximum atomic E-state index is 10.6. The highest BCUT2D eigenvalue weighted by Crippen LogP contribution is 2.38. The lowest BCUT2D eigenvalue weighted by Gasteiger charge is -2.39. The Bertz CT molecular complexity index is 210. The molecular weight excluding hydrogens is 132 g/mol. The quantitative estimate of drug-likeness (QED) is 0.595. The van der Waals surface area contributed by atoms with Crippen molar-refractivity contribution in [3.8, 4) is 0 Å². The number of carbonyl (C=O) groups is 1. The molecule has 0 amide bonds. The van der Waals surface area contributed by atoms with Crippen molar-refractivity contribution in [1.82, 2.24) is 0 Å². The molecule has 1 heterocycles. The Kier molecular flexibility index (Phi) is 1.12. The second kappa shape index (κ2) is 1.56. The fraction of sp³-hybridized carbons (Fsp3) is 0.833. The van der Waals surface area contributed by atoms with Gasteiger partial charge in [0.15, 0.2) is 0 Å². The summed E-state index contributed by atoms with van der Waals surface area (Å²) in [5.74, 6) is -0.910. The largest absolute Gasteiger partial charge is 0.479 e. The van der Waals surface area contributed by atoms with Crippen molar-refractivity contribution in [2.45, 2.75) is 31.8 Å². The Morgan fingerprint density at radius 3 is 1.80 bits per heavy atom. The number of carboxylic acids is 1. The summed E-state index contributed by atoms with van der Waals surface area (Å²) < 4.78 is 0. The van der Waals surface area contributed by atoms with Gasteiger partial charge in [-0.25, -0.2) is 4.79 Å². The lowest BCUT2D eigenvalue weighted by Crippen LogP contribution is -2.56. The predicted molar refractivity (Wildman–Crippen MR) is 35.0 cm³/mol. The van der Waals surface area contributed by atoms with E-state index in [2.05, 4.69) is 10.2 Å². The number of hydrogen-bond acceptors (Lipinski definition) is 3. The normalized spacial score (nSPS) is 35.1. The van der Waals surface area contributed by atoms with E-state index in [0.717, 1.165) is 0 Å². The molecule has 0 aliphatic carbocycles. The zero-order chi connectivity index (χ0) is 7.99. The fourth-order valence-electron chi connectivity index (χ4n) is 0.704. The van der Waals surface area contributed by atoms with Gasteiger partial charge in [-0.1, -0.05) is 0 Å². The molecule has 10 heavy (non-hydrogen) atoms. The molecule has 0 bridgehead atoms. The van der Waals surface area contributed by atoms with E-state index in [9.17, 15) is 4.79 Å². The fourth-order valence-corrected chi connectivity index (χ4v) is 0.704. The number of rotatable bonds is 1. The van der Waals surface area contributed by atoms with Gasteiger partial charge >= 0.3 is 5.97 Å². The van der Waals surface area contributed by atoms with Gasteiger partial charge in [-0.15, -0.1) is 0 Å². The number of aliphatic carboxylic acids is 1. The lowest BCUT2D eigenvalue weighted by molar-refractivity contribution is -0.147. The smallest absolute Gasteiger partial charge is 0.335 e. The molecular formula is C6H10N2O2. The minimum atomic E-state index is -1.01. The summed E-state index contributed by atoms with van der Waals surface area (Å²) in [5, 5.41) is 16.0. The molecule has 1 aliphatic heterocycles. The second-order valence-electron chi connectivity index (χ2n) is 3.14. The summed E-state index contributed by atoms with van der Waals surface area (Å²) in [4.78, 5) is 10.6. The van der Waals surface area contributed by atoms with E-state index in [4.69, 9.17) is 5.11 Å². The zero-order valence-electron chi connectivity index (χ0n) is 6.25. The first kappa shape index (κ1) is 7.18. The third-order valence-corrected chi connectivity index (χ3v) is 2.11. The van der Waals surface area contributed by atoms with Crippen LogP contribution in [0.25, 0.3) is 0 Å². The zero-order valence-corrected chi connectivity index (χ0v) is 6.25. The van der Waals surface area contributed by atoms with Gasteiger partial charge in [0, 0.05) is 0 Å². The Labute approximate surface area is 59.0 Å². The summed E-state index contributed by atoms with van der Waals surface area (Å²) in [6.45, 7) is 5.09. The molecule has 0 aromatic carbocycles. The highest BCUT2D eigenvalue weighted by molar-refractivity contribution is 5.81. The Morgan fingerprint density at radius 1 is 1.30 bits per heavy atom. The van der Waals surface area contributed by atoms with Crippen LogP contribution in [0.2, 0.25) is 0 Å². The van der Waals surface area contributed by atoms with Gasteiger partial charge in [0.25, 0.3) is 0 Å². The van der Waals surface area contributed by atoms with Crippen molar-refractivity contribution in [3.63, 3.8) is 0 Å². The van der Waals surface area contributed by atoms with Gasteiger partial charge in [0.1, 0.15) is 5.54 Å².